The van der Waals surface area contributed by atoms with E-state index < -0.39 is 19.0 Å². The average molecular weight is 296 g/mol. The normalized spacial score (nSPS) is 15.8. The van der Waals surface area contributed by atoms with E-state index in [1.165, 1.54) is 0 Å². The van der Waals surface area contributed by atoms with Crippen LogP contribution in [0.25, 0.3) is 0 Å². The number of aliphatic carboxylic acids is 1. The van der Waals surface area contributed by atoms with Crippen molar-refractivity contribution in [3.05, 3.63) is 23.8 Å². The highest BCUT2D eigenvalue weighted by atomic mass is 16.5. The van der Waals surface area contributed by atoms with Crippen molar-refractivity contribution < 1.29 is 29.1 Å². The van der Waals surface area contributed by atoms with Crippen LogP contribution in [0, 0.1) is 0 Å². The Hall–Kier alpha value is -2.10. The average Bonchev–Trinajstić information content (AvgIpc) is 2.73. The number of carboxylic acid groups (broad SMARTS) is 1. The van der Waals surface area contributed by atoms with Crippen molar-refractivity contribution in [2.24, 2.45) is 11.5 Å². The number of carboxylic acids is 1. The van der Waals surface area contributed by atoms with E-state index >= 15 is 0 Å². The van der Waals surface area contributed by atoms with Crippen LogP contribution in [-0.2, 0) is 14.2 Å². The van der Waals surface area contributed by atoms with Crippen LogP contribution in [0.1, 0.15) is 18.6 Å². The first-order valence-corrected chi connectivity index (χ1v) is 6.13. The molecule has 1 amide bonds. The van der Waals surface area contributed by atoms with Gasteiger partial charge in [-0.05, 0) is 11.6 Å². The van der Waals surface area contributed by atoms with Crippen LogP contribution in [0.4, 0.5) is 0 Å². The van der Waals surface area contributed by atoms with Gasteiger partial charge in [-0.15, -0.1) is 0 Å². The SMILES string of the molecule is CC(=O)O.NCC1OB(O)c2c(OCC(N)=O)cccc21. The third-order valence-electron chi connectivity index (χ3n) is 2.57. The minimum atomic E-state index is -1.08. The van der Waals surface area contributed by atoms with Gasteiger partial charge in [-0.3, -0.25) is 9.59 Å². The summed E-state index contributed by atoms with van der Waals surface area (Å²) < 4.78 is 10.5. The summed E-state index contributed by atoms with van der Waals surface area (Å²) in [5, 5.41) is 17.2. The molecule has 1 unspecified atom stereocenters. The van der Waals surface area contributed by atoms with Crippen LogP contribution in [-0.4, -0.2) is 42.3 Å². The fraction of sp³-hybridized carbons (Fsp3) is 0.333. The molecule has 1 aliphatic rings. The second-order valence-electron chi connectivity index (χ2n) is 4.25. The molecule has 1 atom stereocenters. The summed E-state index contributed by atoms with van der Waals surface area (Å²) in [6.45, 7) is 1.11. The fourth-order valence-corrected chi connectivity index (χ4v) is 1.86. The van der Waals surface area contributed by atoms with E-state index in [0.717, 1.165) is 12.5 Å². The summed E-state index contributed by atoms with van der Waals surface area (Å²) in [6, 6.07) is 5.20. The molecule has 9 heteroatoms. The van der Waals surface area contributed by atoms with Gasteiger partial charge in [-0.1, -0.05) is 12.1 Å². The first-order valence-electron chi connectivity index (χ1n) is 6.13. The van der Waals surface area contributed by atoms with Gasteiger partial charge in [0.2, 0.25) is 0 Å². The van der Waals surface area contributed by atoms with Crippen molar-refractivity contribution in [1.82, 2.24) is 0 Å². The molecule has 0 aliphatic carbocycles. The number of hydrogen-bond acceptors (Lipinski definition) is 6. The number of primary amides is 1. The number of fused-ring (bicyclic) bond motifs is 1. The standard InChI is InChI=1S/C10H13BN2O4.C2H4O2/c12-4-8-6-2-1-3-7(16-5-9(13)14)10(6)11(15)17-8;1-2(3)4/h1-3,8,15H,4-5,12H2,(H2,13,14);1H3,(H,3,4). The molecule has 1 aromatic carbocycles. The molecular weight excluding hydrogens is 279 g/mol. The van der Waals surface area contributed by atoms with Gasteiger partial charge in [0, 0.05) is 18.9 Å². The second-order valence-corrected chi connectivity index (χ2v) is 4.25. The van der Waals surface area contributed by atoms with Crippen molar-refractivity contribution >= 4 is 24.5 Å². The molecule has 0 spiro atoms. The third kappa shape index (κ3) is 4.74. The third-order valence-corrected chi connectivity index (χ3v) is 2.57. The number of hydrogen-bond donors (Lipinski definition) is 4. The molecule has 21 heavy (non-hydrogen) atoms. The summed E-state index contributed by atoms with van der Waals surface area (Å²) in [6.07, 6.45) is -0.350. The van der Waals surface area contributed by atoms with Gasteiger partial charge in [0.25, 0.3) is 11.9 Å². The molecule has 0 radical (unpaired) electrons. The van der Waals surface area contributed by atoms with Crippen LogP contribution in [0.3, 0.4) is 0 Å². The van der Waals surface area contributed by atoms with Crippen molar-refractivity contribution in [1.29, 1.82) is 0 Å². The minimum absolute atomic E-state index is 0.240. The van der Waals surface area contributed by atoms with Gasteiger partial charge in [-0.2, -0.15) is 0 Å². The minimum Gasteiger partial charge on any atom is -0.484 e. The zero-order valence-corrected chi connectivity index (χ0v) is 11.5. The Bertz CT molecular complexity index is 520. The fourth-order valence-electron chi connectivity index (χ4n) is 1.86. The van der Waals surface area contributed by atoms with E-state index in [1.807, 2.05) is 0 Å². The van der Waals surface area contributed by atoms with E-state index in [9.17, 15) is 9.82 Å². The Morgan fingerprint density at radius 3 is 2.62 bits per heavy atom. The Labute approximate surface area is 121 Å². The first kappa shape index (κ1) is 17.0. The lowest BCUT2D eigenvalue weighted by Gasteiger charge is -2.10. The van der Waals surface area contributed by atoms with E-state index in [1.54, 1.807) is 18.2 Å². The monoisotopic (exact) mass is 296 g/mol. The predicted octanol–water partition coefficient (Wildman–Crippen LogP) is -1.64. The number of nitrogens with two attached hydrogens (primary N) is 2. The number of benzene rings is 1. The van der Waals surface area contributed by atoms with Gasteiger partial charge in [-0.25, -0.2) is 0 Å². The first-order chi connectivity index (χ1) is 9.86. The molecule has 0 saturated carbocycles. The second kappa shape index (κ2) is 7.62. The molecule has 2 rings (SSSR count). The molecule has 1 aromatic rings. The van der Waals surface area contributed by atoms with Crippen LogP contribution in [0.2, 0.25) is 0 Å². The number of rotatable bonds is 4. The molecule has 0 saturated heterocycles. The number of ether oxygens (including phenoxy) is 1. The van der Waals surface area contributed by atoms with Gasteiger partial charge in [0.05, 0.1) is 6.10 Å². The van der Waals surface area contributed by atoms with Crippen LogP contribution in [0.15, 0.2) is 18.2 Å². The quantitative estimate of drug-likeness (QED) is 0.487. The molecule has 8 nitrogen and oxygen atoms in total. The lowest BCUT2D eigenvalue weighted by atomic mass is 9.78. The van der Waals surface area contributed by atoms with E-state index in [2.05, 4.69) is 0 Å². The molecular formula is C12H17BN2O6. The summed E-state index contributed by atoms with van der Waals surface area (Å²) in [5.41, 5.74) is 11.8. The molecule has 1 heterocycles. The van der Waals surface area contributed by atoms with Gasteiger partial charge >= 0.3 is 7.12 Å². The number of carbonyl (C=O) groups is 2. The molecule has 1 aliphatic heterocycles. The highest BCUT2D eigenvalue weighted by Crippen LogP contribution is 2.26. The van der Waals surface area contributed by atoms with Crippen LogP contribution in [0.5, 0.6) is 5.75 Å². The maximum absolute atomic E-state index is 10.7. The lowest BCUT2D eigenvalue weighted by molar-refractivity contribution is -0.134. The molecule has 0 bridgehead atoms. The van der Waals surface area contributed by atoms with Crippen LogP contribution < -0.4 is 21.7 Å². The number of carbonyl (C=O) groups excluding carboxylic acids is 1. The van der Waals surface area contributed by atoms with Crippen molar-refractivity contribution in [3.63, 3.8) is 0 Å². The summed E-state index contributed by atoms with van der Waals surface area (Å²) in [7, 11) is -1.08. The van der Waals surface area contributed by atoms with Gasteiger partial charge < -0.3 is 31.0 Å². The van der Waals surface area contributed by atoms with E-state index in [4.69, 9.17) is 30.8 Å². The summed E-state index contributed by atoms with van der Waals surface area (Å²) in [4.78, 5) is 19.7. The van der Waals surface area contributed by atoms with E-state index in [0.29, 0.717) is 11.2 Å². The Balaban J connectivity index is 0.000000491. The molecule has 0 aromatic heterocycles. The Kier molecular flexibility index (Phi) is 6.16. The molecule has 0 fully saturated rings. The maximum Gasteiger partial charge on any atom is 0.495 e. The zero-order chi connectivity index (χ0) is 16.0. The predicted molar refractivity (Wildman–Crippen MR) is 74.9 cm³/mol. The van der Waals surface area contributed by atoms with Crippen molar-refractivity contribution in [2.45, 2.75) is 13.0 Å². The zero-order valence-electron chi connectivity index (χ0n) is 11.5. The van der Waals surface area contributed by atoms with Crippen molar-refractivity contribution in [2.75, 3.05) is 13.2 Å². The van der Waals surface area contributed by atoms with Crippen LogP contribution >= 0.6 is 0 Å². The van der Waals surface area contributed by atoms with Gasteiger partial charge in [0.15, 0.2) is 6.61 Å². The summed E-state index contributed by atoms with van der Waals surface area (Å²) >= 11 is 0. The lowest BCUT2D eigenvalue weighted by Crippen LogP contribution is -2.31. The molecule has 6 N–H and O–H groups in total. The Morgan fingerprint density at radius 1 is 1.48 bits per heavy atom. The molecule has 114 valence electrons. The van der Waals surface area contributed by atoms with Gasteiger partial charge in [0.1, 0.15) is 5.75 Å². The number of amides is 1. The highest BCUT2D eigenvalue weighted by molar-refractivity contribution is 6.62. The topological polar surface area (TPSA) is 145 Å². The Morgan fingerprint density at radius 2 is 2.10 bits per heavy atom. The maximum atomic E-state index is 10.7. The largest absolute Gasteiger partial charge is 0.495 e. The van der Waals surface area contributed by atoms with Crippen molar-refractivity contribution in [3.8, 4) is 5.75 Å². The summed E-state index contributed by atoms with van der Waals surface area (Å²) in [5.74, 6) is -1.02. The highest BCUT2D eigenvalue weighted by Gasteiger charge is 2.37. The van der Waals surface area contributed by atoms with E-state index in [-0.39, 0.29) is 19.3 Å². The smallest absolute Gasteiger partial charge is 0.484 e.